The van der Waals surface area contributed by atoms with E-state index in [0.717, 1.165) is 10.8 Å². The molecular formula is C15H15N3O2. The summed E-state index contributed by atoms with van der Waals surface area (Å²) in [5, 5.41) is 16.9. The van der Waals surface area contributed by atoms with Gasteiger partial charge in [-0.2, -0.15) is 5.10 Å². The van der Waals surface area contributed by atoms with Crippen molar-refractivity contribution in [1.29, 1.82) is 0 Å². The second-order valence-electron chi connectivity index (χ2n) is 3.77. The van der Waals surface area contributed by atoms with Crippen LogP contribution >= 0.6 is 0 Å². The molecule has 2 heterocycles. The highest BCUT2D eigenvalue weighted by Gasteiger charge is 2.08. The number of aliphatic hydroxyl groups excluding tert-OH is 1. The average Bonchev–Trinajstić information content (AvgIpc) is 2.88. The highest BCUT2D eigenvalue weighted by atomic mass is 16.2. The minimum absolute atomic E-state index is 0.216. The number of nitrogens with zero attached hydrogens (tertiary/aromatic N) is 2. The molecule has 5 nitrogen and oxygen atoms in total. The van der Waals surface area contributed by atoms with Crippen LogP contribution in [-0.2, 0) is 0 Å². The number of fused-ring (bicyclic) bond motifs is 3. The zero-order valence-electron chi connectivity index (χ0n) is 11.3. The molecule has 0 radical (unpaired) electrons. The molecule has 0 amide bonds. The maximum absolute atomic E-state index is 11.6. The van der Waals surface area contributed by atoms with Crippen molar-refractivity contribution >= 4 is 16.4 Å². The molecule has 0 fully saturated rings. The van der Waals surface area contributed by atoms with Crippen LogP contribution in [0.1, 0.15) is 19.4 Å². The van der Waals surface area contributed by atoms with Crippen LogP contribution in [0.25, 0.3) is 16.4 Å². The normalized spacial score (nSPS) is 9.75. The molecule has 0 aliphatic rings. The number of hydrogen-bond donors (Lipinski definition) is 2. The first-order chi connectivity index (χ1) is 9.81. The summed E-state index contributed by atoms with van der Waals surface area (Å²) in [7, 11) is 0. The minimum atomic E-state index is -0.303. The number of aliphatic hydroxyl groups is 1. The number of nitrogens with one attached hydrogen (secondary N) is 1. The molecule has 0 aliphatic carbocycles. The molecule has 2 N–H and O–H groups in total. The second kappa shape index (κ2) is 6.04. The highest BCUT2D eigenvalue weighted by molar-refractivity contribution is 5.97. The van der Waals surface area contributed by atoms with Crippen LogP contribution in [0.4, 0.5) is 0 Å². The lowest BCUT2D eigenvalue weighted by Gasteiger charge is -2.02. The van der Waals surface area contributed by atoms with Gasteiger partial charge >= 0.3 is 5.69 Å². The molecule has 102 valence electrons. The largest absolute Gasteiger partial charge is 0.384 e. The molecule has 20 heavy (non-hydrogen) atoms. The Balaban J connectivity index is 0.000000704. The van der Waals surface area contributed by atoms with Crippen molar-refractivity contribution in [3.05, 3.63) is 46.5 Å². The summed E-state index contributed by atoms with van der Waals surface area (Å²) in [6.45, 7) is 3.78. The molecule has 0 unspecified atom stereocenters. The molecule has 2 aromatic heterocycles. The van der Waals surface area contributed by atoms with Crippen molar-refractivity contribution in [2.24, 2.45) is 0 Å². The number of benzene rings is 1. The van der Waals surface area contributed by atoms with Crippen LogP contribution in [0.5, 0.6) is 0 Å². The number of aromatic nitrogens is 3. The summed E-state index contributed by atoms with van der Waals surface area (Å²) in [4.78, 5) is 11.6. The van der Waals surface area contributed by atoms with Gasteiger partial charge in [-0.25, -0.2) is 14.3 Å². The molecule has 0 saturated carbocycles. The molecule has 5 heteroatoms. The fourth-order valence-corrected chi connectivity index (χ4v) is 1.96. The van der Waals surface area contributed by atoms with E-state index >= 15 is 0 Å². The van der Waals surface area contributed by atoms with Gasteiger partial charge in [0.1, 0.15) is 6.61 Å². The molecule has 0 atom stereocenters. The van der Waals surface area contributed by atoms with E-state index in [1.54, 1.807) is 6.20 Å². The van der Waals surface area contributed by atoms with Crippen molar-refractivity contribution < 1.29 is 5.11 Å². The van der Waals surface area contributed by atoms with Gasteiger partial charge in [0.15, 0.2) is 5.65 Å². The topological polar surface area (TPSA) is 70.4 Å². The van der Waals surface area contributed by atoms with Gasteiger partial charge in [0.05, 0.1) is 0 Å². The highest BCUT2D eigenvalue weighted by Crippen LogP contribution is 2.20. The summed E-state index contributed by atoms with van der Waals surface area (Å²) in [6, 6.07) is 7.57. The Labute approximate surface area is 115 Å². The first-order valence-corrected chi connectivity index (χ1v) is 6.39. The third-order valence-corrected chi connectivity index (χ3v) is 2.72. The van der Waals surface area contributed by atoms with E-state index in [-0.39, 0.29) is 12.3 Å². The molecule has 0 bridgehead atoms. The Bertz CT molecular complexity index is 850. The van der Waals surface area contributed by atoms with Crippen LogP contribution < -0.4 is 5.69 Å². The molecule has 1 aromatic carbocycles. The Morgan fingerprint density at radius 3 is 2.70 bits per heavy atom. The fraction of sp³-hybridized carbons (Fsp3) is 0.200. The summed E-state index contributed by atoms with van der Waals surface area (Å²) >= 11 is 0. The quantitative estimate of drug-likeness (QED) is 0.608. The van der Waals surface area contributed by atoms with E-state index in [4.69, 9.17) is 5.11 Å². The number of H-pyrrole nitrogens is 1. The number of aromatic amines is 1. The number of pyridine rings is 1. The Kier molecular flexibility index (Phi) is 4.18. The molecule has 3 aromatic rings. The molecule has 0 aliphatic heterocycles. The summed E-state index contributed by atoms with van der Waals surface area (Å²) in [5.41, 5.74) is 0.962. The molecule has 0 spiro atoms. The van der Waals surface area contributed by atoms with E-state index in [1.807, 2.05) is 38.1 Å². The van der Waals surface area contributed by atoms with Gasteiger partial charge in [-0.05, 0) is 0 Å². The molecular weight excluding hydrogens is 254 g/mol. The SMILES string of the molecule is CC.O=c1[nH]nc2c3ccccc3c(C#CCO)cn12. The lowest BCUT2D eigenvalue weighted by Crippen LogP contribution is -2.09. The van der Waals surface area contributed by atoms with E-state index in [1.165, 1.54) is 4.40 Å². The predicted octanol–water partition coefficient (Wildman–Crippen LogP) is 1.55. The zero-order chi connectivity index (χ0) is 14.5. The van der Waals surface area contributed by atoms with Gasteiger partial charge < -0.3 is 5.11 Å². The summed E-state index contributed by atoms with van der Waals surface area (Å²) in [5.74, 6) is 5.44. The smallest absolute Gasteiger partial charge is 0.347 e. The maximum atomic E-state index is 11.6. The summed E-state index contributed by atoms with van der Waals surface area (Å²) in [6.07, 6.45) is 1.63. The Hall–Kier alpha value is -2.58. The van der Waals surface area contributed by atoms with Crippen molar-refractivity contribution in [1.82, 2.24) is 14.6 Å². The van der Waals surface area contributed by atoms with Gasteiger partial charge in [0, 0.05) is 22.5 Å². The number of hydrogen-bond acceptors (Lipinski definition) is 3. The van der Waals surface area contributed by atoms with Gasteiger partial charge in [0.2, 0.25) is 0 Å². The zero-order valence-corrected chi connectivity index (χ0v) is 11.3. The first-order valence-electron chi connectivity index (χ1n) is 6.39. The Morgan fingerprint density at radius 2 is 2.00 bits per heavy atom. The van der Waals surface area contributed by atoms with Gasteiger partial charge in [0.25, 0.3) is 0 Å². The van der Waals surface area contributed by atoms with Gasteiger partial charge in [-0.15, -0.1) is 0 Å². The van der Waals surface area contributed by atoms with Crippen LogP contribution in [-0.4, -0.2) is 26.3 Å². The van der Waals surface area contributed by atoms with E-state index in [0.29, 0.717) is 11.2 Å². The van der Waals surface area contributed by atoms with Crippen molar-refractivity contribution in [3.8, 4) is 11.8 Å². The maximum Gasteiger partial charge on any atom is 0.347 e. The standard InChI is InChI=1S/C13H9N3O2.C2H6/c17-7-3-4-9-8-16-12(14-15-13(16)18)11-6-2-1-5-10(9)11;1-2/h1-2,5-6,8,17H,7H2,(H,15,18);1-2H3. The minimum Gasteiger partial charge on any atom is -0.384 e. The second-order valence-corrected chi connectivity index (χ2v) is 3.77. The monoisotopic (exact) mass is 269 g/mol. The molecule has 0 saturated heterocycles. The van der Waals surface area contributed by atoms with E-state index in [2.05, 4.69) is 22.0 Å². The fourth-order valence-electron chi connectivity index (χ4n) is 1.96. The Morgan fingerprint density at radius 1 is 1.30 bits per heavy atom. The van der Waals surface area contributed by atoms with Gasteiger partial charge in [-0.1, -0.05) is 50.0 Å². The van der Waals surface area contributed by atoms with Gasteiger partial charge in [-0.3, -0.25) is 0 Å². The predicted molar refractivity (Wildman–Crippen MR) is 78.6 cm³/mol. The average molecular weight is 269 g/mol. The van der Waals surface area contributed by atoms with Crippen molar-refractivity contribution in [2.45, 2.75) is 13.8 Å². The van der Waals surface area contributed by atoms with Crippen molar-refractivity contribution in [3.63, 3.8) is 0 Å². The molecule has 3 rings (SSSR count). The van der Waals surface area contributed by atoms with E-state index in [9.17, 15) is 4.79 Å². The lowest BCUT2D eigenvalue weighted by molar-refractivity contribution is 0.350. The van der Waals surface area contributed by atoms with Crippen LogP contribution in [0, 0.1) is 11.8 Å². The third-order valence-electron chi connectivity index (χ3n) is 2.72. The van der Waals surface area contributed by atoms with Crippen LogP contribution in [0.2, 0.25) is 0 Å². The number of rotatable bonds is 0. The third kappa shape index (κ3) is 2.29. The van der Waals surface area contributed by atoms with Crippen LogP contribution in [0.15, 0.2) is 35.3 Å². The van der Waals surface area contributed by atoms with Crippen LogP contribution in [0.3, 0.4) is 0 Å². The van der Waals surface area contributed by atoms with E-state index < -0.39 is 0 Å². The summed E-state index contributed by atoms with van der Waals surface area (Å²) < 4.78 is 1.42. The lowest BCUT2D eigenvalue weighted by atomic mass is 10.1. The first kappa shape index (κ1) is 13.8. The van der Waals surface area contributed by atoms with Crippen molar-refractivity contribution in [2.75, 3.05) is 6.61 Å².